The van der Waals surface area contributed by atoms with Gasteiger partial charge >= 0.3 is 12.1 Å². The SMILES string of the molecule is CN1C(C(=O)O)C=CN1C1OC1N1CCC2(CCCN2Cc2cc3ccc(C(F)(F)F)cc3s2)CC1. The van der Waals surface area contributed by atoms with Crippen LogP contribution < -0.4 is 0 Å². The van der Waals surface area contributed by atoms with Gasteiger partial charge in [-0.3, -0.25) is 19.6 Å². The summed E-state index contributed by atoms with van der Waals surface area (Å²) in [4.78, 5) is 17.4. The smallest absolute Gasteiger partial charge is 0.416 e. The monoisotopic (exact) mass is 522 g/mol. The van der Waals surface area contributed by atoms with Crippen molar-refractivity contribution in [3.63, 3.8) is 0 Å². The Bertz CT molecular complexity index is 1190. The number of hydrogen-bond acceptors (Lipinski definition) is 7. The number of carbonyl (C=O) groups is 1. The lowest BCUT2D eigenvalue weighted by molar-refractivity contribution is -0.145. The van der Waals surface area contributed by atoms with Gasteiger partial charge in [0.05, 0.1) is 5.56 Å². The topological polar surface area (TPSA) is 62.8 Å². The highest BCUT2D eigenvalue weighted by Crippen LogP contribution is 2.43. The normalized spacial score (nSPS) is 29.1. The van der Waals surface area contributed by atoms with Crippen LogP contribution in [0, 0.1) is 0 Å². The van der Waals surface area contributed by atoms with Crippen LogP contribution in [-0.2, 0) is 22.3 Å². The molecule has 7 nitrogen and oxygen atoms in total. The van der Waals surface area contributed by atoms with Crippen LogP contribution in [0.5, 0.6) is 0 Å². The largest absolute Gasteiger partial charge is 0.480 e. The van der Waals surface area contributed by atoms with Gasteiger partial charge in [0, 0.05) is 48.0 Å². The second-order valence-corrected chi connectivity index (χ2v) is 11.4. The molecule has 1 N–H and O–H groups in total. The number of piperidine rings is 1. The number of carboxylic acids is 1. The molecule has 36 heavy (non-hydrogen) atoms. The Kier molecular flexibility index (Phi) is 5.84. The average molecular weight is 523 g/mol. The molecule has 3 unspecified atom stereocenters. The van der Waals surface area contributed by atoms with E-state index in [4.69, 9.17) is 4.74 Å². The molecular formula is C25H29F3N4O3S. The Morgan fingerprint density at radius 1 is 1.17 bits per heavy atom. The minimum absolute atomic E-state index is 0.0396. The number of halogens is 3. The molecular weight excluding hydrogens is 493 g/mol. The number of hydrogen-bond donors (Lipinski definition) is 1. The second kappa shape index (κ2) is 8.70. The van der Waals surface area contributed by atoms with Crippen molar-refractivity contribution in [3.8, 4) is 0 Å². The molecule has 3 saturated heterocycles. The number of nitrogens with zero attached hydrogens (tertiary/aromatic N) is 4. The van der Waals surface area contributed by atoms with Gasteiger partial charge in [-0.05, 0) is 61.9 Å². The first-order valence-corrected chi connectivity index (χ1v) is 13.1. The minimum atomic E-state index is -4.33. The minimum Gasteiger partial charge on any atom is -0.480 e. The van der Waals surface area contributed by atoms with E-state index in [-0.39, 0.29) is 18.0 Å². The molecule has 11 heteroatoms. The van der Waals surface area contributed by atoms with Crippen molar-refractivity contribution in [2.75, 3.05) is 26.7 Å². The third-order valence-corrected chi connectivity index (χ3v) is 9.31. The quantitative estimate of drug-likeness (QED) is 0.592. The number of fused-ring (bicyclic) bond motifs is 1. The lowest BCUT2D eigenvalue weighted by Gasteiger charge is -2.45. The highest BCUT2D eigenvalue weighted by atomic mass is 32.1. The molecule has 194 valence electrons. The maximum atomic E-state index is 13.1. The highest BCUT2D eigenvalue weighted by molar-refractivity contribution is 7.19. The number of ether oxygens (including phenoxy) is 1. The Labute approximate surface area is 211 Å². The average Bonchev–Trinajstić information content (AvgIpc) is 3.14. The van der Waals surface area contributed by atoms with Gasteiger partial charge in [0.2, 0.25) is 0 Å². The van der Waals surface area contributed by atoms with Crippen molar-refractivity contribution in [2.24, 2.45) is 0 Å². The van der Waals surface area contributed by atoms with Gasteiger partial charge < -0.3 is 9.84 Å². The van der Waals surface area contributed by atoms with Crippen LogP contribution in [0.3, 0.4) is 0 Å². The van der Waals surface area contributed by atoms with Crippen LogP contribution in [0.2, 0.25) is 0 Å². The molecule has 1 spiro atoms. The number of hydrazine groups is 1. The fourth-order valence-electron chi connectivity index (χ4n) is 6.14. The van der Waals surface area contributed by atoms with E-state index in [0.29, 0.717) is 4.70 Å². The van der Waals surface area contributed by atoms with Gasteiger partial charge in [0.15, 0.2) is 12.5 Å². The van der Waals surface area contributed by atoms with Gasteiger partial charge in [-0.2, -0.15) is 13.2 Å². The molecule has 4 aliphatic heterocycles. The Morgan fingerprint density at radius 3 is 2.64 bits per heavy atom. The molecule has 1 aromatic carbocycles. The summed E-state index contributed by atoms with van der Waals surface area (Å²) in [6, 6.07) is 5.37. The van der Waals surface area contributed by atoms with Crippen LogP contribution >= 0.6 is 11.3 Å². The van der Waals surface area contributed by atoms with Crippen LogP contribution in [0.4, 0.5) is 13.2 Å². The van der Waals surface area contributed by atoms with E-state index >= 15 is 0 Å². The van der Waals surface area contributed by atoms with Crippen LogP contribution in [0.15, 0.2) is 36.5 Å². The number of alkyl halides is 3. The van der Waals surface area contributed by atoms with E-state index in [1.54, 1.807) is 30.4 Å². The molecule has 0 saturated carbocycles. The molecule has 4 aliphatic rings. The third kappa shape index (κ3) is 4.20. The molecule has 3 atom stereocenters. The lowest BCUT2D eigenvalue weighted by Crippen LogP contribution is -2.53. The van der Waals surface area contributed by atoms with E-state index in [2.05, 4.69) is 9.80 Å². The second-order valence-electron chi connectivity index (χ2n) is 10.2. The molecule has 5 heterocycles. The maximum absolute atomic E-state index is 13.1. The van der Waals surface area contributed by atoms with Crippen molar-refractivity contribution in [1.82, 2.24) is 19.8 Å². The van der Waals surface area contributed by atoms with E-state index in [0.717, 1.165) is 68.2 Å². The fraction of sp³-hybridized carbons (Fsp3) is 0.560. The predicted octanol–water partition coefficient (Wildman–Crippen LogP) is 4.16. The number of benzene rings is 1. The van der Waals surface area contributed by atoms with Gasteiger partial charge in [-0.15, -0.1) is 11.3 Å². The first kappa shape index (κ1) is 24.2. The van der Waals surface area contributed by atoms with E-state index < -0.39 is 23.8 Å². The molecule has 0 radical (unpaired) electrons. The first-order chi connectivity index (χ1) is 17.1. The fourth-order valence-corrected chi connectivity index (χ4v) is 7.26. The summed E-state index contributed by atoms with van der Waals surface area (Å²) in [6.07, 6.45) is 3.23. The van der Waals surface area contributed by atoms with Crippen molar-refractivity contribution in [2.45, 2.75) is 62.4 Å². The van der Waals surface area contributed by atoms with E-state index in [1.807, 2.05) is 11.1 Å². The summed E-state index contributed by atoms with van der Waals surface area (Å²) in [5.41, 5.74) is -0.476. The summed E-state index contributed by atoms with van der Waals surface area (Å²) >= 11 is 1.46. The van der Waals surface area contributed by atoms with E-state index in [1.165, 1.54) is 17.4 Å². The summed E-state index contributed by atoms with van der Waals surface area (Å²) in [6.45, 7) is 3.58. The summed E-state index contributed by atoms with van der Waals surface area (Å²) in [5.74, 6) is -0.880. The van der Waals surface area contributed by atoms with Gasteiger partial charge in [-0.1, -0.05) is 6.07 Å². The van der Waals surface area contributed by atoms with Gasteiger partial charge in [-0.25, -0.2) is 5.01 Å². The van der Waals surface area contributed by atoms with Crippen molar-refractivity contribution >= 4 is 27.4 Å². The summed E-state index contributed by atoms with van der Waals surface area (Å²) in [5, 5.41) is 13.8. The van der Waals surface area contributed by atoms with Crippen molar-refractivity contribution in [3.05, 3.63) is 47.0 Å². The number of carboxylic acid groups (broad SMARTS) is 1. The zero-order valence-electron chi connectivity index (χ0n) is 19.9. The summed E-state index contributed by atoms with van der Waals surface area (Å²) < 4.78 is 46.0. The first-order valence-electron chi connectivity index (χ1n) is 12.3. The van der Waals surface area contributed by atoms with E-state index in [9.17, 15) is 23.1 Å². The zero-order chi connectivity index (χ0) is 25.2. The molecule has 0 bridgehead atoms. The van der Waals surface area contributed by atoms with Crippen molar-refractivity contribution < 1.29 is 27.8 Å². The zero-order valence-corrected chi connectivity index (χ0v) is 20.8. The van der Waals surface area contributed by atoms with Gasteiger partial charge in [0.1, 0.15) is 6.04 Å². The maximum Gasteiger partial charge on any atom is 0.416 e. The number of aliphatic carboxylic acids is 1. The number of likely N-dealkylation sites (tertiary alicyclic amines) is 2. The number of likely N-dealkylation sites (N-methyl/N-ethyl adjacent to an activating group) is 1. The molecule has 2 aromatic rings. The number of rotatable bonds is 5. The van der Waals surface area contributed by atoms with Gasteiger partial charge in [0.25, 0.3) is 0 Å². The molecule has 6 rings (SSSR count). The molecule has 3 fully saturated rings. The molecule has 0 amide bonds. The van der Waals surface area contributed by atoms with Crippen LogP contribution in [0.1, 0.15) is 36.1 Å². The van der Waals surface area contributed by atoms with Crippen LogP contribution in [-0.4, -0.2) is 81.6 Å². The summed E-state index contributed by atoms with van der Waals surface area (Å²) in [7, 11) is 1.76. The Balaban J connectivity index is 1.08. The van der Waals surface area contributed by atoms with Crippen molar-refractivity contribution in [1.29, 1.82) is 0 Å². The standard InChI is InChI=1S/C25H29F3N4O3S/c1-29-19(23(33)34)5-10-32(29)22-21(35-22)30-11-7-24(8-12-30)6-2-9-31(24)15-18-13-16-3-4-17(25(26,27)28)14-20(16)36-18/h3-5,10,13-14,19,21-22H,2,6-9,11-12,15H2,1H3,(H,33,34). The number of thiophene rings is 1. The molecule has 1 aromatic heterocycles. The highest BCUT2D eigenvalue weighted by Gasteiger charge is 2.53. The number of epoxide rings is 1. The third-order valence-electron chi connectivity index (χ3n) is 8.22. The Hall–Kier alpha value is -2.18. The predicted molar refractivity (Wildman–Crippen MR) is 129 cm³/mol. The Morgan fingerprint density at radius 2 is 1.94 bits per heavy atom. The molecule has 0 aliphatic carbocycles. The van der Waals surface area contributed by atoms with Crippen LogP contribution in [0.25, 0.3) is 10.1 Å². The lowest BCUT2D eigenvalue weighted by atomic mass is 9.85.